The van der Waals surface area contributed by atoms with E-state index in [1.165, 1.54) is 63.8 Å². The fourth-order valence-corrected chi connectivity index (χ4v) is 5.36. The Hall–Kier alpha value is -1.29. The highest BCUT2D eigenvalue weighted by atomic mass is 28.3. The molecule has 0 spiro atoms. The average molecular weight is 434 g/mol. The molecule has 3 nitrogen and oxygen atoms in total. The van der Waals surface area contributed by atoms with Crippen LogP contribution in [0.4, 0.5) is 5.69 Å². The van der Waals surface area contributed by atoms with Crippen molar-refractivity contribution in [3.8, 4) is 0 Å². The third kappa shape index (κ3) is 10.7. The third-order valence-corrected chi connectivity index (χ3v) is 12.4. The van der Waals surface area contributed by atoms with Crippen LogP contribution in [-0.4, -0.2) is 27.2 Å². The van der Waals surface area contributed by atoms with Crippen molar-refractivity contribution in [3.63, 3.8) is 0 Å². The van der Waals surface area contributed by atoms with Crippen LogP contribution in [0.2, 0.25) is 24.2 Å². The van der Waals surface area contributed by atoms with Gasteiger partial charge < -0.3 is 10.1 Å². The zero-order valence-electron chi connectivity index (χ0n) is 20.6. The summed E-state index contributed by atoms with van der Waals surface area (Å²) in [5, 5.41) is 3.98. The smallest absolute Gasteiger partial charge is 0.338 e. The van der Waals surface area contributed by atoms with E-state index in [4.69, 9.17) is 4.74 Å². The van der Waals surface area contributed by atoms with Crippen molar-refractivity contribution in [2.24, 2.45) is 0 Å². The Bertz CT molecular complexity index is 590. The quantitative estimate of drug-likeness (QED) is 0.172. The van der Waals surface area contributed by atoms with Crippen LogP contribution >= 0.6 is 0 Å². The molecular formula is C26H47NO2Si. The summed E-state index contributed by atoms with van der Waals surface area (Å²) in [7, 11) is -1.06. The van der Waals surface area contributed by atoms with Crippen molar-refractivity contribution < 1.29 is 9.53 Å². The molecule has 1 N–H and O–H groups in total. The summed E-state index contributed by atoms with van der Waals surface area (Å²) >= 11 is 0. The lowest BCUT2D eigenvalue weighted by Crippen LogP contribution is -2.36. The summed E-state index contributed by atoms with van der Waals surface area (Å²) in [5.41, 5.74) is 1.68. The summed E-state index contributed by atoms with van der Waals surface area (Å²) in [6, 6.07) is 9.04. The molecule has 0 amide bonds. The van der Waals surface area contributed by atoms with E-state index in [1.54, 1.807) is 0 Å². The van der Waals surface area contributed by atoms with Crippen LogP contribution in [0.15, 0.2) is 24.3 Å². The monoisotopic (exact) mass is 433 g/mol. The van der Waals surface area contributed by atoms with Crippen LogP contribution in [0.3, 0.4) is 0 Å². The van der Waals surface area contributed by atoms with E-state index in [-0.39, 0.29) is 5.97 Å². The van der Waals surface area contributed by atoms with Gasteiger partial charge in [-0.05, 0) is 42.6 Å². The molecule has 0 aliphatic heterocycles. The molecule has 0 unspecified atom stereocenters. The maximum Gasteiger partial charge on any atom is 0.338 e. The minimum atomic E-state index is -1.06. The Morgan fingerprint density at radius 1 is 0.867 bits per heavy atom. The number of hydrogen-bond donors (Lipinski definition) is 1. The Balaban J connectivity index is 1.97. The first-order valence-electron chi connectivity index (χ1n) is 12.2. The number of nitrogens with one attached hydrogen (secondary N) is 1. The molecule has 4 heteroatoms. The first-order chi connectivity index (χ1) is 14.2. The molecule has 0 bridgehead atoms. The maximum atomic E-state index is 11.6. The van der Waals surface area contributed by atoms with E-state index in [1.807, 2.05) is 31.2 Å². The number of unbranched alkanes of at least 4 members (excludes halogenated alkanes) is 8. The van der Waals surface area contributed by atoms with E-state index in [0.717, 1.165) is 12.2 Å². The fourth-order valence-electron chi connectivity index (χ4n) is 3.48. The standard InChI is InChI=1S/C26H47NO2Si/c1-7-29-25(28)23-17-19-24(20-18-23)27-21-15-13-11-9-8-10-12-14-16-22-30(5,6)26(2,3)4/h17-20,27H,7-16,21-22H2,1-6H3. The van der Waals surface area contributed by atoms with Gasteiger partial charge in [-0.2, -0.15) is 0 Å². The molecule has 0 saturated carbocycles. The number of carbonyl (C=O) groups excluding carboxylic acids is 1. The van der Waals surface area contributed by atoms with Crippen LogP contribution in [0.1, 0.15) is 95.8 Å². The van der Waals surface area contributed by atoms with Gasteiger partial charge >= 0.3 is 5.97 Å². The lowest BCUT2D eigenvalue weighted by Gasteiger charge is -2.37. The molecule has 0 saturated heterocycles. The Morgan fingerprint density at radius 3 is 1.87 bits per heavy atom. The molecule has 172 valence electrons. The van der Waals surface area contributed by atoms with Crippen LogP contribution in [0.25, 0.3) is 0 Å². The van der Waals surface area contributed by atoms with Crippen molar-refractivity contribution >= 4 is 19.7 Å². The third-order valence-electron chi connectivity index (χ3n) is 6.73. The van der Waals surface area contributed by atoms with E-state index >= 15 is 0 Å². The molecule has 0 aromatic heterocycles. The second-order valence-corrected chi connectivity index (χ2v) is 16.1. The number of anilines is 1. The number of carbonyl (C=O) groups is 1. The zero-order chi connectivity index (χ0) is 22.5. The molecule has 30 heavy (non-hydrogen) atoms. The molecule has 0 aliphatic carbocycles. The van der Waals surface area contributed by atoms with Crippen LogP contribution in [-0.2, 0) is 4.74 Å². The molecule has 0 radical (unpaired) electrons. The van der Waals surface area contributed by atoms with E-state index in [0.29, 0.717) is 17.2 Å². The highest BCUT2D eigenvalue weighted by Gasteiger charge is 2.33. The minimum absolute atomic E-state index is 0.250. The van der Waals surface area contributed by atoms with Crippen molar-refractivity contribution in [1.82, 2.24) is 0 Å². The fraction of sp³-hybridized carbons (Fsp3) is 0.731. The summed E-state index contributed by atoms with van der Waals surface area (Å²) in [5.74, 6) is -0.250. The van der Waals surface area contributed by atoms with E-state index < -0.39 is 8.07 Å². The highest BCUT2D eigenvalue weighted by molar-refractivity contribution is 6.80. The molecule has 1 aromatic carbocycles. The van der Waals surface area contributed by atoms with Gasteiger partial charge in [0, 0.05) is 12.2 Å². The highest BCUT2D eigenvalue weighted by Crippen LogP contribution is 2.39. The van der Waals surface area contributed by atoms with Crippen LogP contribution in [0, 0.1) is 0 Å². The van der Waals surface area contributed by atoms with Gasteiger partial charge in [-0.25, -0.2) is 4.79 Å². The summed E-state index contributed by atoms with van der Waals surface area (Å²) < 4.78 is 5.01. The number of benzene rings is 1. The van der Waals surface area contributed by atoms with Crippen molar-refractivity contribution in [2.45, 2.75) is 110 Å². The summed E-state index contributed by atoms with van der Waals surface area (Å²) in [6.45, 7) is 15.6. The van der Waals surface area contributed by atoms with Gasteiger partial charge in [0.1, 0.15) is 0 Å². The van der Waals surface area contributed by atoms with Crippen LogP contribution < -0.4 is 5.32 Å². The molecule has 0 aliphatic rings. The van der Waals surface area contributed by atoms with Crippen molar-refractivity contribution in [2.75, 3.05) is 18.5 Å². The zero-order valence-corrected chi connectivity index (χ0v) is 21.6. The predicted octanol–water partition coefficient (Wildman–Crippen LogP) is 8.29. The van der Waals surface area contributed by atoms with E-state index in [2.05, 4.69) is 39.2 Å². The Morgan fingerprint density at radius 2 is 1.37 bits per heavy atom. The molecule has 0 atom stereocenters. The van der Waals surface area contributed by atoms with Gasteiger partial charge in [0.15, 0.2) is 0 Å². The van der Waals surface area contributed by atoms with Gasteiger partial charge in [-0.3, -0.25) is 0 Å². The summed E-state index contributed by atoms with van der Waals surface area (Å²) in [6.07, 6.45) is 12.3. The average Bonchev–Trinajstić information content (AvgIpc) is 2.68. The maximum absolute atomic E-state index is 11.6. The van der Waals surface area contributed by atoms with Gasteiger partial charge in [0.2, 0.25) is 0 Å². The second kappa shape index (κ2) is 13.9. The first-order valence-corrected chi connectivity index (χ1v) is 15.4. The largest absolute Gasteiger partial charge is 0.462 e. The molecule has 1 rings (SSSR count). The van der Waals surface area contributed by atoms with Gasteiger partial charge in [-0.15, -0.1) is 0 Å². The first kappa shape index (κ1) is 26.7. The molecular weight excluding hydrogens is 386 g/mol. The molecule has 1 aromatic rings. The minimum Gasteiger partial charge on any atom is -0.462 e. The molecule has 0 fully saturated rings. The number of hydrogen-bond acceptors (Lipinski definition) is 3. The Kier molecular flexibility index (Phi) is 12.4. The number of rotatable bonds is 15. The Labute approximate surface area is 187 Å². The lowest BCUT2D eigenvalue weighted by molar-refractivity contribution is 0.0526. The lowest BCUT2D eigenvalue weighted by atomic mass is 10.1. The SMILES string of the molecule is CCOC(=O)c1ccc(NCCCCCCCCCCC[Si](C)(C)C(C)(C)C)cc1. The number of ether oxygens (including phenoxy) is 1. The molecule has 0 heterocycles. The van der Waals surface area contributed by atoms with Gasteiger partial charge in [-0.1, -0.05) is 91.3 Å². The van der Waals surface area contributed by atoms with Gasteiger partial charge in [0.25, 0.3) is 0 Å². The topological polar surface area (TPSA) is 38.3 Å². The van der Waals surface area contributed by atoms with E-state index in [9.17, 15) is 4.79 Å². The van der Waals surface area contributed by atoms with Crippen molar-refractivity contribution in [1.29, 1.82) is 0 Å². The number of esters is 1. The predicted molar refractivity (Wildman–Crippen MR) is 134 cm³/mol. The van der Waals surface area contributed by atoms with Crippen molar-refractivity contribution in [3.05, 3.63) is 29.8 Å². The van der Waals surface area contributed by atoms with Gasteiger partial charge in [0.05, 0.1) is 20.2 Å². The normalized spacial score (nSPS) is 12.1. The summed E-state index contributed by atoms with van der Waals surface area (Å²) in [4.78, 5) is 11.6. The van der Waals surface area contributed by atoms with Crippen LogP contribution in [0.5, 0.6) is 0 Å². The second-order valence-electron chi connectivity index (χ2n) is 10.3.